The Hall–Kier alpha value is -0.385. The van der Waals surface area contributed by atoms with Gasteiger partial charge in [0.2, 0.25) is 0 Å². The largest absolute Gasteiger partial charge is 0.631 e. The molecular weight excluding hydrogens is 98.8 g/mol. The SMILES string of the molecule is CC=O.OB(O)O. The van der Waals surface area contributed by atoms with Gasteiger partial charge in [0.15, 0.2) is 0 Å². The van der Waals surface area contributed by atoms with E-state index in [1.54, 1.807) is 0 Å². The standard InChI is InChI=1S/C2H4O.BH3O3/c1-2-3;2-1(3)4/h2H,1H3;2-4H. The van der Waals surface area contributed by atoms with Crippen molar-refractivity contribution in [3.63, 3.8) is 0 Å². The zero-order valence-electron chi connectivity index (χ0n) is 3.90. The van der Waals surface area contributed by atoms with E-state index in [4.69, 9.17) is 19.9 Å². The number of carbonyl (C=O) groups excluding carboxylic acids is 1. The molecule has 0 aliphatic carbocycles. The first-order valence-electron chi connectivity index (χ1n) is 1.59. The summed E-state index contributed by atoms with van der Waals surface area (Å²) in [6, 6.07) is 0. The Morgan fingerprint density at radius 3 is 1.43 bits per heavy atom. The van der Waals surface area contributed by atoms with Gasteiger partial charge in [-0.2, -0.15) is 0 Å². The fourth-order valence-corrected chi connectivity index (χ4v) is 0. The topological polar surface area (TPSA) is 77.8 Å². The average molecular weight is 106 g/mol. The van der Waals surface area contributed by atoms with Crippen molar-refractivity contribution < 1.29 is 19.9 Å². The summed E-state index contributed by atoms with van der Waals surface area (Å²) in [6.07, 6.45) is 0.750. The van der Waals surface area contributed by atoms with Crippen molar-refractivity contribution in [1.29, 1.82) is 0 Å². The van der Waals surface area contributed by atoms with Crippen molar-refractivity contribution in [3.8, 4) is 0 Å². The van der Waals surface area contributed by atoms with Gasteiger partial charge in [0, 0.05) is 0 Å². The molecule has 0 aromatic heterocycles. The van der Waals surface area contributed by atoms with Crippen LogP contribution in [0.15, 0.2) is 0 Å². The Morgan fingerprint density at radius 2 is 1.43 bits per heavy atom. The first-order valence-corrected chi connectivity index (χ1v) is 1.59. The molecule has 5 heteroatoms. The molecule has 0 aliphatic rings. The third kappa shape index (κ3) is 495. The smallest absolute Gasteiger partial charge is 0.402 e. The molecule has 0 atom stereocenters. The van der Waals surface area contributed by atoms with Crippen LogP contribution in [0, 0.1) is 0 Å². The number of hydrogen-bond acceptors (Lipinski definition) is 4. The maximum Gasteiger partial charge on any atom is 0.631 e. The monoisotopic (exact) mass is 106 g/mol. The normalized spacial score (nSPS) is 5.71. The van der Waals surface area contributed by atoms with Crippen molar-refractivity contribution in [2.24, 2.45) is 0 Å². The van der Waals surface area contributed by atoms with Gasteiger partial charge in [-0.15, -0.1) is 0 Å². The van der Waals surface area contributed by atoms with Crippen LogP contribution >= 0.6 is 0 Å². The Morgan fingerprint density at radius 1 is 1.43 bits per heavy atom. The van der Waals surface area contributed by atoms with E-state index in [-0.39, 0.29) is 0 Å². The molecule has 0 aromatic carbocycles. The molecule has 0 rings (SSSR count). The van der Waals surface area contributed by atoms with E-state index in [0.717, 1.165) is 6.29 Å². The minimum absolute atomic E-state index is 0.750. The quantitative estimate of drug-likeness (QED) is 0.250. The van der Waals surface area contributed by atoms with Crippen LogP contribution in [0.1, 0.15) is 6.92 Å². The second-order valence-corrected chi connectivity index (χ2v) is 0.582. The average Bonchev–Trinajstić information content (AvgIpc) is 1.33. The van der Waals surface area contributed by atoms with Gasteiger partial charge in [0.1, 0.15) is 6.29 Å². The fourth-order valence-electron chi connectivity index (χ4n) is 0. The highest BCUT2D eigenvalue weighted by Crippen LogP contribution is 1.40. The van der Waals surface area contributed by atoms with E-state index in [1.807, 2.05) is 0 Å². The molecule has 0 saturated heterocycles. The highest BCUT2D eigenvalue weighted by Gasteiger charge is 1.92. The highest BCUT2D eigenvalue weighted by atomic mass is 16.5. The van der Waals surface area contributed by atoms with Crippen LogP contribution in [0.25, 0.3) is 0 Å². The second kappa shape index (κ2) is 9.15. The highest BCUT2D eigenvalue weighted by molar-refractivity contribution is 6.30. The first kappa shape index (κ1) is 9.79. The third-order valence-corrected chi connectivity index (χ3v) is 0. The molecule has 0 heterocycles. The summed E-state index contributed by atoms with van der Waals surface area (Å²) < 4.78 is 0. The van der Waals surface area contributed by atoms with Crippen LogP contribution in [0.3, 0.4) is 0 Å². The van der Waals surface area contributed by atoms with Gasteiger partial charge in [-0.25, -0.2) is 0 Å². The molecule has 0 spiro atoms. The molecule has 0 radical (unpaired) electrons. The Labute approximate surface area is 41.6 Å². The number of carbonyl (C=O) groups is 1. The molecule has 0 fully saturated rings. The maximum absolute atomic E-state index is 8.81. The summed E-state index contributed by atoms with van der Waals surface area (Å²) in [5.41, 5.74) is 0. The lowest BCUT2D eigenvalue weighted by molar-refractivity contribution is -0.106. The zero-order chi connectivity index (χ0) is 6.28. The lowest BCUT2D eigenvalue weighted by Crippen LogP contribution is -2.07. The Bertz CT molecular complexity index is 33.9. The van der Waals surface area contributed by atoms with E-state index < -0.39 is 7.32 Å². The van der Waals surface area contributed by atoms with Crippen LogP contribution in [-0.2, 0) is 4.79 Å². The molecule has 4 nitrogen and oxygen atoms in total. The molecule has 0 aromatic rings. The molecule has 42 valence electrons. The Balaban J connectivity index is 0. The number of aldehydes is 1. The van der Waals surface area contributed by atoms with E-state index >= 15 is 0 Å². The van der Waals surface area contributed by atoms with Gasteiger partial charge in [-0.1, -0.05) is 0 Å². The molecule has 0 saturated carbocycles. The van der Waals surface area contributed by atoms with Gasteiger partial charge in [0.25, 0.3) is 0 Å². The van der Waals surface area contributed by atoms with Crippen molar-refractivity contribution in [1.82, 2.24) is 0 Å². The molecule has 0 aliphatic heterocycles. The lowest BCUT2D eigenvalue weighted by atomic mass is 10.3. The number of hydrogen-bond donors (Lipinski definition) is 3. The predicted molar refractivity (Wildman–Crippen MR) is 24.1 cm³/mol. The summed E-state index contributed by atoms with van der Waals surface area (Å²) in [5, 5.41) is 21.5. The van der Waals surface area contributed by atoms with Crippen LogP contribution in [0.2, 0.25) is 0 Å². The minimum Gasteiger partial charge on any atom is -0.402 e. The molecule has 0 unspecified atom stereocenters. The summed E-state index contributed by atoms with van der Waals surface area (Å²) in [6.45, 7) is 1.44. The predicted octanol–water partition coefficient (Wildman–Crippen LogP) is -1.85. The van der Waals surface area contributed by atoms with Gasteiger partial charge in [-0.05, 0) is 6.92 Å². The van der Waals surface area contributed by atoms with Gasteiger partial charge >= 0.3 is 7.32 Å². The summed E-state index contributed by atoms with van der Waals surface area (Å²) in [5.74, 6) is 0. The van der Waals surface area contributed by atoms with Gasteiger partial charge < -0.3 is 19.9 Å². The molecule has 7 heavy (non-hydrogen) atoms. The van der Waals surface area contributed by atoms with E-state index in [9.17, 15) is 0 Å². The zero-order valence-corrected chi connectivity index (χ0v) is 3.90. The maximum atomic E-state index is 8.81. The lowest BCUT2D eigenvalue weighted by Gasteiger charge is -1.69. The van der Waals surface area contributed by atoms with Crippen molar-refractivity contribution >= 4 is 13.6 Å². The van der Waals surface area contributed by atoms with Gasteiger partial charge in [-0.3, -0.25) is 0 Å². The molecule has 3 N–H and O–H groups in total. The van der Waals surface area contributed by atoms with Crippen LogP contribution in [-0.4, -0.2) is 28.7 Å². The second-order valence-electron chi connectivity index (χ2n) is 0.582. The molecule has 0 bridgehead atoms. The summed E-state index contributed by atoms with van der Waals surface area (Å²) in [7, 11) is -2.17. The fraction of sp³-hybridized carbons (Fsp3) is 0.500. The van der Waals surface area contributed by atoms with Gasteiger partial charge in [0.05, 0.1) is 0 Å². The third-order valence-electron chi connectivity index (χ3n) is 0. The van der Waals surface area contributed by atoms with E-state index in [2.05, 4.69) is 0 Å². The van der Waals surface area contributed by atoms with Crippen LogP contribution in [0.4, 0.5) is 0 Å². The summed E-state index contributed by atoms with van der Waals surface area (Å²) in [4.78, 5) is 8.81. The summed E-state index contributed by atoms with van der Waals surface area (Å²) >= 11 is 0. The first-order chi connectivity index (χ1) is 3.15. The minimum atomic E-state index is -2.17. The molecule has 0 amide bonds. The van der Waals surface area contributed by atoms with Crippen LogP contribution < -0.4 is 0 Å². The molecular formula is C2H7BO4. The van der Waals surface area contributed by atoms with Crippen molar-refractivity contribution in [2.75, 3.05) is 0 Å². The number of rotatable bonds is 0. The Kier molecular flexibility index (Phi) is 12.8. The van der Waals surface area contributed by atoms with Crippen molar-refractivity contribution in [2.45, 2.75) is 6.92 Å². The van der Waals surface area contributed by atoms with Crippen LogP contribution in [0.5, 0.6) is 0 Å². The van der Waals surface area contributed by atoms with E-state index in [1.165, 1.54) is 6.92 Å². The van der Waals surface area contributed by atoms with E-state index in [0.29, 0.717) is 0 Å². The van der Waals surface area contributed by atoms with Crippen molar-refractivity contribution in [3.05, 3.63) is 0 Å².